The smallest absolute Gasteiger partial charge is 0.0320 e. The number of anilines is 1. The normalized spacial score (nSPS) is 12.0. The fraction of sp³-hybridized carbons (Fsp3) is 0.0526. The van der Waals surface area contributed by atoms with Gasteiger partial charge in [0, 0.05) is 5.69 Å². The van der Waals surface area contributed by atoms with Crippen LogP contribution in [0.4, 0.5) is 5.69 Å². The van der Waals surface area contributed by atoms with Crippen molar-refractivity contribution < 1.29 is 0 Å². The summed E-state index contributed by atoms with van der Waals surface area (Å²) in [4.78, 5) is 0. The van der Waals surface area contributed by atoms with Crippen LogP contribution in [-0.2, 0) is 6.42 Å². The Morgan fingerprint density at radius 3 is 2.35 bits per heavy atom. The SMILES string of the molecule is Nc1ccc2c(c1)-c1ccc(-c3ccccc3)cc1C2. The summed E-state index contributed by atoms with van der Waals surface area (Å²) >= 11 is 0. The van der Waals surface area contributed by atoms with E-state index in [0.717, 1.165) is 12.1 Å². The molecule has 0 spiro atoms. The summed E-state index contributed by atoms with van der Waals surface area (Å²) in [6.45, 7) is 0. The molecule has 96 valence electrons. The summed E-state index contributed by atoms with van der Waals surface area (Å²) in [6.07, 6.45) is 1.01. The molecule has 1 nitrogen and oxygen atoms in total. The Labute approximate surface area is 118 Å². The van der Waals surface area contributed by atoms with E-state index in [-0.39, 0.29) is 0 Å². The molecule has 4 rings (SSSR count). The molecule has 0 atom stereocenters. The van der Waals surface area contributed by atoms with Crippen LogP contribution in [0.1, 0.15) is 11.1 Å². The number of nitrogen functional groups attached to an aromatic ring is 1. The fourth-order valence-electron chi connectivity index (χ4n) is 3.02. The lowest BCUT2D eigenvalue weighted by atomic mass is 9.99. The van der Waals surface area contributed by atoms with Crippen molar-refractivity contribution in [2.75, 3.05) is 5.73 Å². The van der Waals surface area contributed by atoms with E-state index in [9.17, 15) is 0 Å². The largest absolute Gasteiger partial charge is 0.399 e. The lowest BCUT2D eigenvalue weighted by Crippen LogP contribution is -1.86. The highest BCUT2D eigenvalue weighted by atomic mass is 14.5. The predicted octanol–water partition coefficient (Wildman–Crippen LogP) is 4.51. The van der Waals surface area contributed by atoms with Crippen LogP contribution in [0.5, 0.6) is 0 Å². The first kappa shape index (κ1) is 11.3. The van der Waals surface area contributed by atoms with Crippen molar-refractivity contribution in [3.8, 4) is 22.3 Å². The molecule has 0 unspecified atom stereocenters. The molecule has 0 fully saturated rings. The molecule has 20 heavy (non-hydrogen) atoms. The number of hydrogen-bond donors (Lipinski definition) is 1. The molecule has 0 amide bonds. The molecule has 0 aromatic heterocycles. The van der Waals surface area contributed by atoms with Gasteiger partial charge in [0.2, 0.25) is 0 Å². The summed E-state index contributed by atoms with van der Waals surface area (Å²) in [5, 5.41) is 0. The van der Waals surface area contributed by atoms with Crippen molar-refractivity contribution in [1.82, 2.24) is 0 Å². The lowest BCUT2D eigenvalue weighted by Gasteiger charge is -2.06. The third-order valence-corrected chi connectivity index (χ3v) is 4.02. The first-order valence-electron chi connectivity index (χ1n) is 6.88. The van der Waals surface area contributed by atoms with Crippen LogP contribution in [0.3, 0.4) is 0 Å². The minimum Gasteiger partial charge on any atom is -0.399 e. The maximum Gasteiger partial charge on any atom is 0.0320 e. The van der Waals surface area contributed by atoms with E-state index in [4.69, 9.17) is 5.73 Å². The zero-order valence-electron chi connectivity index (χ0n) is 11.1. The zero-order chi connectivity index (χ0) is 13.5. The van der Waals surface area contributed by atoms with Gasteiger partial charge < -0.3 is 5.73 Å². The van der Waals surface area contributed by atoms with Crippen LogP contribution in [0, 0.1) is 0 Å². The van der Waals surface area contributed by atoms with Gasteiger partial charge in [-0.1, -0.05) is 54.6 Å². The van der Waals surface area contributed by atoms with E-state index < -0.39 is 0 Å². The van der Waals surface area contributed by atoms with E-state index in [1.165, 1.54) is 33.4 Å². The molecule has 1 aliphatic rings. The number of benzene rings is 3. The highest BCUT2D eigenvalue weighted by Gasteiger charge is 2.18. The molecule has 3 aromatic carbocycles. The van der Waals surface area contributed by atoms with Crippen molar-refractivity contribution in [3.05, 3.63) is 77.9 Å². The fourth-order valence-corrected chi connectivity index (χ4v) is 3.02. The van der Waals surface area contributed by atoms with Crippen LogP contribution >= 0.6 is 0 Å². The Bertz CT molecular complexity index is 788. The van der Waals surface area contributed by atoms with Gasteiger partial charge in [-0.2, -0.15) is 0 Å². The Hall–Kier alpha value is -2.54. The molecule has 0 saturated heterocycles. The summed E-state index contributed by atoms with van der Waals surface area (Å²) in [7, 11) is 0. The summed E-state index contributed by atoms with van der Waals surface area (Å²) in [5.74, 6) is 0. The number of hydrogen-bond acceptors (Lipinski definition) is 1. The second-order valence-corrected chi connectivity index (χ2v) is 5.33. The molecule has 0 bridgehead atoms. The van der Waals surface area contributed by atoms with Gasteiger partial charge in [0.25, 0.3) is 0 Å². The maximum absolute atomic E-state index is 5.91. The predicted molar refractivity (Wildman–Crippen MR) is 84.5 cm³/mol. The molecular formula is C19H15N. The highest BCUT2D eigenvalue weighted by Crippen LogP contribution is 2.39. The molecule has 1 aliphatic carbocycles. The Morgan fingerprint density at radius 1 is 0.650 bits per heavy atom. The van der Waals surface area contributed by atoms with Crippen LogP contribution < -0.4 is 5.73 Å². The van der Waals surface area contributed by atoms with Gasteiger partial charge >= 0.3 is 0 Å². The van der Waals surface area contributed by atoms with Crippen molar-refractivity contribution in [1.29, 1.82) is 0 Å². The second kappa shape index (κ2) is 4.24. The lowest BCUT2D eigenvalue weighted by molar-refractivity contribution is 1.26. The first-order valence-corrected chi connectivity index (χ1v) is 6.88. The third kappa shape index (κ3) is 1.71. The quantitative estimate of drug-likeness (QED) is 0.499. The van der Waals surface area contributed by atoms with Gasteiger partial charge in [0.15, 0.2) is 0 Å². The molecule has 0 saturated carbocycles. The van der Waals surface area contributed by atoms with E-state index >= 15 is 0 Å². The van der Waals surface area contributed by atoms with E-state index in [1.54, 1.807) is 0 Å². The maximum atomic E-state index is 5.91. The number of fused-ring (bicyclic) bond motifs is 3. The van der Waals surface area contributed by atoms with Crippen LogP contribution in [0.2, 0.25) is 0 Å². The second-order valence-electron chi connectivity index (χ2n) is 5.33. The monoisotopic (exact) mass is 257 g/mol. The molecule has 2 N–H and O–H groups in total. The molecule has 0 radical (unpaired) electrons. The minimum atomic E-state index is 0.837. The standard InChI is InChI=1S/C19H15N/c20-17-8-6-15-11-16-10-14(13-4-2-1-3-5-13)7-9-18(16)19(15)12-17/h1-10,12H,11,20H2. The van der Waals surface area contributed by atoms with Gasteiger partial charge in [-0.15, -0.1) is 0 Å². The Morgan fingerprint density at radius 2 is 1.50 bits per heavy atom. The van der Waals surface area contributed by atoms with Crippen molar-refractivity contribution >= 4 is 5.69 Å². The zero-order valence-corrected chi connectivity index (χ0v) is 11.1. The first-order chi connectivity index (χ1) is 9.81. The Balaban J connectivity index is 1.84. The number of nitrogens with two attached hydrogens (primary N) is 1. The minimum absolute atomic E-state index is 0.837. The number of rotatable bonds is 1. The highest BCUT2D eigenvalue weighted by molar-refractivity contribution is 5.81. The van der Waals surface area contributed by atoms with Gasteiger partial charge in [-0.3, -0.25) is 0 Å². The third-order valence-electron chi connectivity index (χ3n) is 4.02. The topological polar surface area (TPSA) is 26.0 Å². The summed E-state index contributed by atoms with van der Waals surface area (Å²) in [5.41, 5.74) is 14.7. The summed E-state index contributed by atoms with van der Waals surface area (Å²) < 4.78 is 0. The average Bonchev–Trinajstić information content (AvgIpc) is 2.85. The molecular weight excluding hydrogens is 242 g/mol. The van der Waals surface area contributed by atoms with Crippen LogP contribution in [0.15, 0.2) is 66.7 Å². The van der Waals surface area contributed by atoms with E-state index in [0.29, 0.717) is 0 Å². The Kier molecular flexibility index (Phi) is 2.40. The van der Waals surface area contributed by atoms with Crippen LogP contribution in [0.25, 0.3) is 22.3 Å². The van der Waals surface area contributed by atoms with Gasteiger partial charge in [-0.25, -0.2) is 0 Å². The molecule has 0 heterocycles. The average molecular weight is 257 g/mol. The van der Waals surface area contributed by atoms with E-state index in [1.807, 2.05) is 6.07 Å². The molecule has 0 aliphatic heterocycles. The van der Waals surface area contributed by atoms with Crippen molar-refractivity contribution in [2.24, 2.45) is 0 Å². The van der Waals surface area contributed by atoms with Gasteiger partial charge in [0.1, 0.15) is 0 Å². The molecule has 1 heteroatoms. The van der Waals surface area contributed by atoms with Gasteiger partial charge in [-0.05, 0) is 51.9 Å². The van der Waals surface area contributed by atoms with Crippen molar-refractivity contribution in [2.45, 2.75) is 6.42 Å². The summed E-state index contributed by atoms with van der Waals surface area (Å²) in [6, 6.07) is 23.5. The van der Waals surface area contributed by atoms with E-state index in [2.05, 4.69) is 60.7 Å². The van der Waals surface area contributed by atoms with Crippen LogP contribution in [-0.4, -0.2) is 0 Å². The van der Waals surface area contributed by atoms with Crippen molar-refractivity contribution in [3.63, 3.8) is 0 Å². The van der Waals surface area contributed by atoms with Gasteiger partial charge in [0.05, 0.1) is 0 Å². The molecule has 3 aromatic rings.